The Balaban J connectivity index is 1.83. The van der Waals surface area contributed by atoms with Crippen molar-refractivity contribution in [2.45, 2.75) is 58.3 Å². The van der Waals surface area contributed by atoms with Gasteiger partial charge in [-0.1, -0.05) is 35.9 Å². The zero-order chi connectivity index (χ0) is 20.8. The third kappa shape index (κ3) is 5.74. The number of benzene rings is 2. The first-order valence-electron chi connectivity index (χ1n) is 10.4. The maximum atomic E-state index is 13.4. The molecule has 0 radical (unpaired) electrons. The van der Waals surface area contributed by atoms with Crippen LogP contribution in [0.5, 0.6) is 5.75 Å². The molecule has 2 aromatic rings. The van der Waals surface area contributed by atoms with E-state index in [0.29, 0.717) is 24.0 Å². The number of methoxy groups -OCH3 is 1. The van der Waals surface area contributed by atoms with E-state index in [1.807, 2.05) is 48.5 Å². The first kappa shape index (κ1) is 21.7. The summed E-state index contributed by atoms with van der Waals surface area (Å²) in [6, 6.07) is 16.0. The lowest BCUT2D eigenvalue weighted by atomic mass is 10.0. The number of carbonyl (C=O) groups excluding carboxylic acids is 1. The van der Waals surface area contributed by atoms with Crippen molar-refractivity contribution in [2.24, 2.45) is 0 Å². The normalized spacial score (nSPS) is 17.3. The number of amides is 1. The second-order valence-corrected chi connectivity index (χ2v) is 8.42. The van der Waals surface area contributed by atoms with Crippen molar-refractivity contribution in [2.75, 3.05) is 13.7 Å². The van der Waals surface area contributed by atoms with Crippen molar-refractivity contribution >= 4 is 17.5 Å². The molecule has 0 saturated carbocycles. The average molecular weight is 415 g/mol. The number of rotatable bonds is 7. The molecule has 4 nitrogen and oxygen atoms in total. The summed E-state index contributed by atoms with van der Waals surface area (Å²) in [5.41, 5.74) is 2.11. The van der Waals surface area contributed by atoms with Crippen LogP contribution in [0.1, 0.15) is 44.2 Å². The highest BCUT2D eigenvalue weighted by molar-refractivity contribution is 6.30. The summed E-state index contributed by atoms with van der Waals surface area (Å²) >= 11 is 6.06. The van der Waals surface area contributed by atoms with E-state index in [1.165, 1.54) is 6.42 Å². The van der Waals surface area contributed by atoms with Crippen molar-refractivity contribution in [3.05, 3.63) is 64.7 Å². The number of hydrogen-bond acceptors (Lipinski definition) is 3. The molecule has 1 heterocycles. The molecule has 156 valence electrons. The van der Waals surface area contributed by atoms with Gasteiger partial charge in [-0.05, 0) is 68.5 Å². The van der Waals surface area contributed by atoms with Gasteiger partial charge in [0, 0.05) is 24.2 Å². The van der Waals surface area contributed by atoms with E-state index in [4.69, 9.17) is 16.3 Å². The Morgan fingerprint density at radius 2 is 1.76 bits per heavy atom. The fourth-order valence-corrected chi connectivity index (χ4v) is 4.17. The lowest BCUT2D eigenvalue weighted by Gasteiger charge is -2.45. The molecule has 29 heavy (non-hydrogen) atoms. The lowest BCUT2D eigenvalue weighted by molar-refractivity contribution is -0.140. The van der Waals surface area contributed by atoms with Gasteiger partial charge in [0.25, 0.3) is 0 Å². The highest BCUT2D eigenvalue weighted by Gasteiger charge is 2.32. The van der Waals surface area contributed by atoms with Gasteiger partial charge in [0.1, 0.15) is 5.75 Å². The van der Waals surface area contributed by atoms with Crippen LogP contribution in [0.3, 0.4) is 0 Å². The fraction of sp³-hybridized carbons (Fsp3) is 0.458. The summed E-state index contributed by atoms with van der Waals surface area (Å²) in [7, 11) is 1.65. The van der Waals surface area contributed by atoms with Gasteiger partial charge >= 0.3 is 0 Å². The summed E-state index contributed by atoms with van der Waals surface area (Å²) in [6.07, 6.45) is 3.88. The Labute approximate surface area is 179 Å². The molecule has 1 saturated heterocycles. The molecular weight excluding hydrogens is 384 g/mol. The van der Waals surface area contributed by atoms with Gasteiger partial charge in [0.2, 0.25) is 5.91 Å². The van der Waals surface area contributed by atoms with Gasteiger partial charge in [-0.15, -0.1) is 0 Å². The van der Waals surface area contributed by atoms with Crippen LogP contribution in [-0.2, 0) is 17.8 Å². The summed E-state index contributed by atoms with van der Waals surface area (Å²) in [5.74, 6) is 0.958. The predicted molar refractivity (Wildman–Crippen MR) is 118 cm³/mol. The molecule has 1 unspecified atom stereocenters. The van der Waals surface area contributed by atoms with E-state index >= 15 is 0 Å². The topological polar surface area (TPSA) is 32.8 Å². The Bertz CT molecular complexity index is 790. The quantitative estimate of drug-likeness (QED) is 0.628. The lowest BCUT2D eigenvalue weighted by Crippen LogP contribution is -2.55. The summed E-state index contributed by atoms with van der Waals surface area (Å²) in [5, 5.41) is 0.714. The molecule has 0 N–H and O–H groups in total. The van der Waals surface area contributed by atoms with Crippen molar-refractivity contribution in [3.8, 4) is 5.75 Å². The highest BCUT2D eigenvalue weighted by Crippen LogP contribution is 2.26. The Kier molecular flexibility index (Phi) is 7.57. The van der Waals surface area contributed by atoms with Crippen molar-refractivity contribution < 1.29 is 9.53 Å². The first-order chi connectivity index (χ1) is 14.0. The van der Waals surface area contributed by atoms with Gasteiger partial charge in [0.15, 0.2) is 0 Å². The number of carbonyl (C=O) groups is 1. The summed E-state index contributed by atoms with van der Waals surface area (Å²) in [6.45, 7) is 6.06. The minimum absolute atomic E-state index is 0.130. The van der Waals surface area contributed by atoms with Crippen molar-refractivity contribution in [1.82, 2.24) is 9.80 Å². The zero-order valence-electron chi connectivity index (χ0n) is 17.6. The maximum absolute atomic E-state index is 13.4. The van der Waals surface area contributed by atoms with Crippen LogP contribution in [0, 0.1) is 0 Å². The molecule has 1 aliphatic rings. The molecule has 0 aromatic heterocycles. The number of piperidine rings is 1. The third-order valence-corrected chi connectivity index (χ3v) is 5.89. The van der Waals surface area contributed by atoms with E-state index in [1.54, 1.807) is 7.11 Å². The van der Waals surface area contributed by atoms with Crippen LogP contribution in [0.2, 0.25) is 5.02 Å². The minimum Gasteiger partial charge on any atom is -0.497 e. The highest BCUT2D eigenvalue weighted by atomic mass is 35.5. The van der Waals surface area contributed by atoms with Crippen molar-refractivity contribution in [1.29, 1.82) is 0 Å². The van der Waals surface area contributed by atoms with Gasteiger partial charge in [-0.3, -0.25) is 9.69 Å². The first-order valence-corrected chi connectivity index (χ1v) is 10.8. The van der Waals surface area contributed by atoms with Crippen LogP contribution < -0.4 is 4.74 Å². The number of likely N-dealkylation sites (tertiary alicyclic amines) is 1. The molecule has 1 atom stereocenters. The number of ether oxygens (including phenoxy) is 1. The Morgan fingerprint density at radius 3 is 2.38 bits per heavy atom. The van der Waals surface area contributed by atoms with Crippen LogP contribution in [0.4, 0.5) is 0 Å². The van der Waals surface area contributed by atoms with E-state index in [-0.39, 0.29) is 12.1 Å². The maximum Gasteiger partial charge on any atom is 0.228 e. The van der Waals surface area contributed by atoms with E-state index in [2.05, 4.69) is 23.6 Å². The van der Waals surface area contributed by atoms with Gasteiger partial charge in [-0.2, -0.15) is 0 Å². The zero-order valence-corrected chi connectivity index (χ0v) is 18.4. The monoisotopic (exact) mass is 414 g/mol. The average Bonchev–Trinajstić information content (AvgIpc) is 2.73. The van der Waals surface area contributed by atoms with Crippen molar-refractivity contribution in [3.63, 3.8) is 0 Å². The van der Waals surface area contributed by atoms with Crippen LogP contribution >= 0.6 is 11.6 Å². The SMILES string of the molecule is COc1ccc(CC(=O)N(Cc2ccc(Cl)cc2)C2CCCCN2C(C)C)cc1. The largest absolute Gasteiger partial charge is 0.497 e. The number of nitrogens with zero attached hydrogens (tertiary/aromatic N) is 2. The second-order valence-electron chi connectivity index (χ2n) is 7.98. The second kappa shape index (κ2) is 10.1. The smallest absolute Gasteiger partial charge is 0.228 e. The summed E-state index contributed by atoms with van der Waals surface area (Å²) < 4.78 is 5.23. The van der Waals surface area contributed by atoms with E-state index in [9.17, 15) is 4.79 Å². The molecule has 0 spiro atoms. The van der Waals surface area contributed by atoms with Gasteiger partial charge in [0.05, 0.1) is 19.7 Å². The van der Waals surface area contributed by atoms with Gasteiger partial charge < -0.3 is 9.64 Å². The molecule has 0 aliphatic carbocycles. The minimum atomic E-state index is 0.130. The number of hydrogen-bond donors (Lipinski definition) is 0. The Hall–Kier alpha value is -2.04. The molecule has 5 heteroatoms. The van der Waals surface area contributed by atoms with Crippen LogP contribution in [0.15, 0.2) is 48.5 Å². The molecular formula is C24H31ClN2O2. The molecule has 2 aromatic carbocycles. The Morgan fingerprint density at radius 1 is 1.10 bits per heavy atom. The van der Waals surface area contributed by atoms with Gasteiger partial charge in [-0.25, -0.2) is 0 Å². The molecule has 0 bridgehead atoms. The van der Waals surface area contributed by atoms with Crippen LogP contribution in [0.25, 0.3) is 0 Å². The molecule has 1 fully saturated rings. The fourth-order valence-electron chi connectivity index (χ4n) is 4.04. The number of halogens is 1. The van der Waals surface area contributed by atoms with E-state index < -0.39 is 0 Å². The summed E-state index contributed by atoms with van der Waals surface area (Å²) in [4.78, 5) is 18.0. The standard InChI is InChI=1S/C24H31ClN2O2/c1-18(2)26-15-5-4-6-23(26)27(17-20-7-11-21(25)12-8-20)24(28)16-19-9-13-22(29-3)14-10-19/h7-14,18,23H,4-6,15-17H2,1-3H3. The van der Waals surface area contributed by atoms with E-state index in [0.717, 1.165) is 36.3 Å². The molecule has 3 rings (SSSR count). The third-order valence-electron chi connectivity index (χ3n) is 5.64. The van der Waals surface area contributed by atoms with Crippen LogP contribution in [-0.4, -0.2) is 41.6 Å². The predicted octanol–water partition coefficient (Wildman–Crippen LogP) is 5.14. The molecule has 1 aliphatic heterocycles. The molecule has 1 amide bonds.